The number of Topliss-reactive ketones (excluding diaryl/α,β-unsaturated/α-hetero) is 1. The number of hydrogen-bond acceptors (Lipinski definition) is 4. The molecule has 4 heterocycles. The molecule has 0 amide bonds. The van der Waals surface area contributed by atoms with Crippen molar-refractivity contribution in [2.24, 2.45) is 7.05 Å². The highest BCUT2D eigenvalue weighted by Gasteiger charge is 2.38. The van der Waals surface area contributed by atoms with Crippen molar-refractivity contribution in [2.45, 2.75) is 6.04 Å². The fourth-order valence-electron chi connectivity index (χ4n) is 2.71. The van der Waals surface area contributed by atoms with Crippen molar-refractivity contribution in [3.05, 3.63) is 16.9 Å². The van der Waals surface area contributed by atoms with Crippen LogP contribution < -0.4 is 0 Å². The SMILES string of the molecule is Cn1ncc(Cl)c1C(=O)C1CN2CCN1CC2. The number of aromatic nitrogens is 2. The second-order valence-electron chi connectivity index (χ2n) is 4.68. The van der Waals surface area contributed by atoms with Crippen LogP contribution in [-0.2, 0) is 7.05 Å². The van der Waals surface area contributed by atoms with Crippen LogP contribution in [0.4, 0.5) is 0 Å². The van der Waals surface area contributed by atoms with Gasteiger partial charge in [-0.2, -0.15) is 5.10 Å². The van der Waals surface area contributed by atoms with Crippen LogP contribution in [0.1, 0.15) is 10.5 Å². The minimum absolute atomic E-state index is 0.0506. The van der Waals surface area contributed by atoms with E-state index in [0.29, 0.717) is 10.7 Å². The zero-order valence-electron chi connectivity index (χ0n) is 9.77. The molecule has 2 bridgehead atoms. The van der Waals surface area contributed by atoms with Gasteiger partial charge in [0, 0.05) is 39.8 Å². The van der Waals surface area contributed by atoms with Gasteiger partial charge in [-0.1, -0.05) is 11.6 Å². The Balaban J connectivity index is 1.88. The Bertz CT molecular complexity index is 431. The molecule has 0 saturated carbocycles. The molecule has 6 heteroatoms. The molecular weight excluding hydrogens is 240 g/mol. The van der Waals surface area contributed by atoms with Crippen LogP contribution in [-0.4, -0.2) is 64.1 Å². The third-order valence-corrected chi connectivity index (χ3v) is 3.99. The number of fused-ring (bicyclic) bond motifs is 3. The molecule has 0 spiro atoms. The van der Waals surface area contributed by atoms with E-state index >= 15 is 0 Å². The molecule has 3 saturated heterocycles. The molecule has 0 N–H and O–H groups in total. The molecule has 92 valence electrons. The first-order chi connectivity index (χ1) is 8.16. The molecule has 1 aromatic heterocycles. The maximum absolute atomic E-state index is 12.5. The van der Waals surface area contributed by atoms with Gasteiger partial charge in [-0.3, -0.25) is 19.3 Å². The highest BCUT2D eigenvalue weighted by molar-refractivity contribution is 6.33. The van der Waals surface area contributed by atoms with E-state index in [1.807, 2.05) is 0 Å². The lowest BCUT2D eigenvalue weighted by molar-refractivity contribution is 0.0154. The molecule has 3 fully saturated rings. The standard InChI is InChI=1S/C11H15ClN4O/c1-14-10(8(12)6-13-14)11(17)9-7-15-2-4-16(9)5-3-15/h6,9H,2-5,7H2,1H3. The van der Waals surface area contributed by atoms with E-state index in [4.69, 9.17) is 11.6 Å². The number of carbonyl (C=O) groups excluding carboxylic acids is 1. The van der Waals surface area contributed by atoms with Crippen molar-refractivity contribution in [1.29, 1.82) is 0 Å². The maximum Gasteiger partial charge on any atom is 0.200 e. The van der Waals surface area contributed by atoms with E-state index in [9.17, 15) is 4.79 Å². The largest absolute Gasteiger partial charge is 0.299 e. The molecule has 1 atom stereocenters. The van der Waals surface area contributed by atoms with Gasteiger partial charge in [0.05, 0.1) is 17.3 Å². The van der Waals surface area contributed by atoms with Gasteiger partial charge in [-0.15, -0.1) is 0 Å². The predicted molar refractivity (Wildman–Crippen MR) is 64.3 cm³/mol. The molecular formula is C11H15ClN4O. The molecule has 5 nitrogen and oxygen atoms in total. The van der Waals surface area contributed by atoms with Gasteiger partial charge in [-0.25, -0.2) is 0 Å². The van der Waals surface area contributed by atoms with Gasteiger partial charge in [-0.05, 0) is 0 Å². The smallest absolute Gasteiger partial charge is 0.200 e. The molecule has 3 aliphatic heterocycles. The van der Waals surface area contributed by atoms with Crippen molar-refractivity contribution in [3.63, 3.8) is 0 Å². The molecule has 0 radical (unpaired) electrons. The van der Waals surface area contributed by atoms with E-state index in [0.717, 1.165) is 32.7 Å². The van der Waals surface area contributed by atoms with Crippen molar-refractivity contribution in [1.82, 2.24) is 19.6 Å². The zero-order valence-corrected chi connectivity index (χ0v) is 10.5. The highest BCUT2D eigenvalue weighted by Crippen LogP contribution is 2.22. The lowest BCUT2D eigenvalue weighted by Crippen LogP contribution is -2.63. The molecule has 17 heavy (non-hydrogen) atoms. The zero-order chi connectivity index (χ0) is 12.0. The Labute approximate surface area is 105 Å². The van der Waals surface area contributed by atoms with Crippen LogP contribution in [0.2, 0.25) is 5.02 Å². The number of carbonyl (C=O) groups is 1. The molecule has 3 aliphatic rings. The Hall–Kier alpha value is -0.910. The molecule has 1 unspecified atom stereocenters. The summed E-state index contributed by atoms with van der Waals surface area (Å²) < 4.78 is 1.57. The molecule has 0 aromatic carbocycles. The second kappa shape index (κ2) is 4.08. The van der Waals surface area contributed by atoms with Gasteiger partial charge in [0.2, 0.25) is 5.78 Å². The summed E-state index contributed by atoms with van der Waals surface area (Å²) in [5, 5.41) is 4.48. The average molecular weight is 255 g/mol. The van der Waals surface area contributed by atoms with Crippen LogP contribution in [0.5, 0.6) is 0 Å². The Morgan fingerprint density at radius 3 is 2.59 bits per heavy atom. The van der Waals surface area contributed by atoms with E-state index in [1.165, 1.54) is 6.20 Å². The number of ketones is 1. The summed E-state index contributed by atoms with van der Waals surface area (Å²) in [5.41, 5.74) is 0.533. The Morgan fingerprint density at radius 2 is 2.12 bits per heavy atom. The number of halogens is 1. The van der Waals surface area contributed by atoms with Crippen LogP contribution >= 0.6 is 11.6 Å². The van der Waals surface area contributed by atoms with Crippen LogP contribution in [0.25, 0.3) is 0 Å². The lowest BCUT2D eigenvalue weighted by atomic mass is 10.0. The third-order valence-electron chi connectivity index (χ3n) is 3.71. The van der Waals surface area contributed by atoms with Crippen LogP contribution in [0, 0.1) is 0 Å². The molecule has 0 aliphatic carbocycles. The predicted octanol–water partition coefficient (Wildman–Crippen LogP) is 0.256. The van der Waals surface area contributed by atoms with Crippen molar-refractivity contribution >= 4 is 17.4 Å². The first-order valence-electron chi connectivity index (χ1n) is 5.85. The normalized spacial score (nSPS) is 31.8. The van der Waals surface area contributed by atoms with Crippen LogP contribution in [0.15, 0.2) is 6.20 Å². The topological polar surface area (TPSA) is 41.4 Å². The second-order valence-corrected chi connectivity index (χ2v) is 5.09. The Kier molecular flexibility index (Phi) is 2.69. The lowest BCUT2D eigenvalue weighted by Gasteiger charge is -2.46. The number of nitrogens with zero attached hydrogens (tertiary/aromatic N) is 4. The van der Waals surface area contributed by atoms with Gasteiger partial charge in [0.1, 0.15) is 5.69 Å². The van der Waals surface area contributed by atoms with Gasteiger partial charge in [0.15, 0.2) is 0 Å². The van der Waals surface area contributed by atoms with Crippen molar-refractivity contribution in [2.75, 3.05) is 32.7 Å². The van der Waals surface area contributed by atoms with E-state index in [-0.39, 0.29) is 11.8 Å². The summed E-state index contributed by atoms with van der Waals surface area (Å²) in [5.74, 6) is 0.0967. The number of hydrogen-bond donors (Lipinski definition) is 0. The number of piperazine rings is 3. The fourth-order valence-corrected chi connectivity index (χ4v) is 2.97. The molecule has 1 aromatic rings. The summed E-state index contributed by atoms with van der Waals surface area (Å²) in [6, 6.07) is -0.0506. The van der Waals surface area contributed by atoms with E-state index < -0.39 is 0 Å². The first kappa shape index (κ1) is 11.2. The molecule has 4 rings (SSSR count). The minimum Gasteiger partial charge on any atom is -0.299 e. The van der Waals surface area contributed by atoms with Gasteiger partial charge >= 0.3 is 0 Å². The van der Waals surface area contributed by atoms with Crippen LogP contribution in [0.3, 0.4) is 0 Å². The quantitative estimate of drug-likeness (QED) is 0.710. The van der Waals surface area contributed by atoms with Crippen molar-refractivity contribution in [3.8, 4) is 0 Å². The van der Waals surface area contributed by atoms with E-state index in [1.54, 1.807) is 11.7 Å². The fraction of sp³-hybridized carbons (Fsp3) is 0.636. The first-order valence-corrected chi connectivity index (χ1v) is 6.23. The number of rotatable bonds is 2. The van der Waals surface area contributed by atoms with Gasteiger partial charge in [0.25, 0.3) is 0 Å². The Morgan fingerprint density at radius 1 is 1.41 bits per heavy atom. The third kappa shape index (κ3) is 1.78. The monoisotopic (exact) mass is 254 g/mol. The summed E-state index contributed by atoms with van der Waals surface area (Å²) in [6.07, 6.45) is 1.53. The van der Waals surface area contributed by atoms with Crippen molar-refractivity contribution < 1.29 is 4.79 Å². The summed E-state index contributed by atoms with van der Waals surface area (Å²) in [7, 11) is 1.76. The number of aryl methyl sites for hydroxylation is 1. The average Bonchev–Trinajstić information content (AvgIpc) is 2.70. The highest BCUT2D eigenvalue weighted by atomic mass is 35.5. The maximum atomic E-state index is 12.5. The van der Waals surface area contributed by atoms with E-state index in [2.05, 4.69) is 14.9 Å². The minimum atomic E-state index is -0.0506. The summed E-state index contributed by atoms with van der Waals surface area (Å²) >= 11 is 6.02. The summed E-state index contributed by atoms with van der Waals surface area (Å²) in [4.78, 5) is 17.1. The summed E-state index contributed by atoms with van der Waals surface area (Å²) in [6.45, 7) is 4.92. The van der Waals surface area contributed by atoms with Gasteiger partial charge < -0.3 is 0 Å².